The van der Waals surface area contributed by atoms with Gasteiger partial charge < -0.3 is 4.57 Å². The van der Waals surface area contributed by atoms with Gasteiger partial charge in [0.25, 0.3) is 11.5 Å². The van der Waals surface area contributed by atoms with Crippen molar-refractivity contribution in [2.45, 2.75) is 6.54 Å². The number of nitrogens with zero attached hydrogens (tertiary/aromatic N) is 2. The van der Waals surface area contributed by atoms with Crippen LogP contribution in [0.15, 0.2) is 52.5 Å². The van der Waals surface area contributed by atoms with Crippen molar-refractivity contribution in [1.82, 2.24) is 9.99 Å². The largest absolute Gasteiger partial charge is 0.306 e. The summed E-state index contributed by atoms with van der Waals surface area (Å²) in [7, 11) is 0. The Balaban J connectivity index is 1.96. The topological polar surface area (TPSA) is 63.5 Å². The number of carbonyl (C=O) groups excluding carboxylic acids is 1. The van der Waals surface area contributed by atoms with Gasteiger partial charge in [0.05, 0.1) is 6.21 Å². The summed E-state index contributed by atoms with van der Waals surface area (Å²) < 4.78 is 27.2. The average molecular weight is 291 g/mol. The number of hydrogen-bond donors (Lipinski definition) is 1. The number of hydrogen-bond acceptors (Lipinski definition) is 3. The highest BCUT2D eigenvalue weighted by atomic mass is 19.1. The van der Waals surface area contributed by atoms with Crippen molar-refractivity contribution in [1.29, 1.82) is 0 Å². The highest BCUT2D eigenvalue weighted by Crippen LogP contribution is 2.06. The van der Waals surface area contributed by atoms with E-state index in [-0.39, 0.29) is 17.7 Å². The molecule has 2 rings (SSSR count). The molecule has 0 saturated heterocycles. The lowest BCUT2D eigenvalue weighted by Gasteiger charge is -2.03. The van der Waals surface area contributed by atoms with E-state index in [4.69, 9.17) is 0 Å². The Morgan fingerprint density at radius 2 is 2.10 bits per heavy atom. The van der Waals surface area contributed by atoms with Crippen LogP contribution in [0.25, 0.3) is 0 Å². The van der Waals surface area contributed by atoms with E-state index in [0.29, 0.717) is 6.07 Å². The maximum absolute atomic E-state index is 13.3. The lowest BCUT2D eigenvalue weighted by molar-refractivity contribution is -0.121. The van der Waals surface area contributed by atoms with Crippen LogP contribution in [0.1, 0.15) is 5.56 Å². The summed E-state index contributed by atoms with van der Waals surface area (Å²) in [5.74, 6) is -2.02. The number of amides is 1. The normalized spacial score (nSPS) is 10.8. The Labute approximate surface area is 118 Å². The molecule has 1 amide bonds. The monoisotopic (exact) mass is 291 g/mol. The molecule has 0 atom stereocenters. The molecular formula is C14H11F2N3O2. The smallest absolute Gasteiger partial charge is 0.260 e. The van der Waals surface area contributed by atoms with E-state index in [9.17, 15) is 18.4 Å². The molecule has 0 aliphatic carbocycles. The fraction of sp³-hybridized carbons (Fsp3) is 0.0714. The first kappa shape index (κ1) is 14.6. The van der Waals surface area contributed by atoms with Crippen LogP contribution in [0.5, 0.6) is 0 Å². The van der Waals surface area contributed by atoms with Crippen LogP contribution >= 0.6 is 0 Å². The standard InChI is InChI=1S/C14H11F2N3O2/c15-11-5-4-10(12(16)7-11)8-17-18-13(20)9-19-6-2-1-3-14(19)21/h1-8H,9H2,(H,18,20)/b17-8-. The number of aromatic nitrogens is 1. The summed E-state index contributed by atoms with van der Waals surface area (Å²) in [5, 5.41) is 3.56. The van der Waals surface area contributed by atoms with Crippen LogP contribution in [-0.4, -0.2) is 16.7 Å². The van der Waals surface area contributed by atoms with E-state index in [0.717, 1.165) is 12.3 Å². The minimum absolute atomic E-state index is 0.0357. The van der Waals surface area contributed by atoms with E-state index in [1.165, 1.54) is 22.9 Å². The summed E-state index contributed by atoms with van der Waals surface area (Å²) in [6.07, 6.45) is 2.52. The highest BCUT2D eigenvalue weighted by molar-refractivity contribution is 5.82. The lowest BCUT2D eigenvalue weighted by atomic mass is 10.2. The third-order valence-electron chi connectivity index (χ3n) is 2.57. The second kappa shape index (κ2) is 6.56. The molecule has 1 aromatic heterocycles. The molecule has 0 fully saturated rings. The lowest BCUT2D eigenvalue weighted by Crippen LogP contribution is -2.29. The molecule has 0 bridgehead atoms. The molecule has 0 radical (unpaired) electrons. The molecular weight excluding hydrogens is 280 g/mol. The van der Waals surface area contributed by atoms with Crippen LogP contribution in [0, 0.1) is 11.6 Å². The second-order valence-electron chi connectivity index (χ2n) is 4.13. The van der Waals surface area contributed by atoms with Crippen molar-refractivity contribution >= 4 is 12.1 Å². The Hall–Kier alpha value is -2.83. The number of hydrazone groups is 1. The summed E-state index contributed by atoms with van der Waals surface area (Å²) in [4.78, 5) is 22.9. The van der Waals surface area contributed by atoms with Crippen molar-refractivity contribution < 1.29 is 13.6 Å². The minimum Gasteiger partial charge on any atom is -0.306 e. The fourth-order valence-electron chi connectivity index (χ4n) is 1.56. The van der Waals surface area contributed by atoms with Gasteiger partial charge in [0.2, 0.25) is 0 Å². The summed E-state index contributed by atoms with van der Waals surface area (Å²) in [5.41, 5.74) is 1.88. The Morgan fingerprint density at radius 3 is 2.81 bits per heavy atom. The van der Waals surface area contributed by atoms with E-state index in [2.05, 4.69) is 10.5 Å². The predicted octanol–water partition coefficient (Wildman–Crippen LogP) is 1.28. The first-order valence-corrected chi connectivity index (χ1v) is 5.98. The van der Waals surface area contributed by atoms with Crippen LogP contribution in [0.3, 0.4) is 0 Å². The third-order valence-corrected chi connectivity index (χ3v) is 2.57. The molecule has 5 nitrogen and oxygen atoms in total. The molecule has 1 heterocycles. The number of benzene rings is 1. The Morgan fingerprint density at radius 1 is 1.29 bits per heavy atom. The van der Waals surface area contributed by atoms with E-state index < -0.39 is 17.5 Å². The van der Waals surface area contributed by atoms with Crippen LogP contribution in [0.4, 0.5) is 8.78 Å². The minimum atomic E-state index is -0.785. The quantitative estimate of drug-likeness (QED) is 0.681. The van der Waals surface area contributed by atoms with Gasteiger partial charge in [-0.1, -0.05) is 6.07 Å². The van der Waals surface area contributed by atoms with Gasteiger partial charge in [-0.3, -0.25) is 9.59 Å². The van der Waals surface area contributed by atoms with E-state index in [1.807, 2.05) is 0 Å². The Bertz CT molecular complexity index is 741. The van der Waals surface area contributed by atoms with Gasteiger partial charge in [0.1, 0.15) is 18.2 Å². The van der Waals surface area contributed by atoms with E-state index >= 15 is 0 Å². The first-order chi connectivity index (χ1) is 10.1. The molecule has 0 aliphatic heterocycles. The van der Waals surface area contributed by atoms with Gasteiger partial charge in [-0.2, -0.15) is 5.10 Å². The maximum Gasteiger partial charge on any atom is 0.260 e. The number of nitrogens with one attached hydrogen (secondary N) is 1. The van der Waals surface area contributed by atoms with Crippen LogP contribution in [0.2, 0.25) is 0 Å². The number of carbonyl (C=O) groups is 1. The van der Waals surface area contributed by atoms with Gasteiger partial charge >= 0.3 is 0 Å². The zero-order chi connectivity index (χ0) is 15.2. The molecule has 0 spiro atoms. The molecule has 108 valence electrons. The van der Waals surface area contributed by atoms with E-state index in [1.54, 1.807) is 12.1 Å². The molecule has 0 saturated carbocycles. The first-order valence-electron chi connectivity index (χ1n) is 5.98. The molecule has 0 aliphatic rings. The molecule has 1 aromatic carbocycles. The van der Waals surface area contributed by atoms with Crippen molar-refractivity contribution in [3.05, 3.63) is 70.1 Å². The van der Waals surface area contributed by atoms with Gasteiger partial charge in [0, 0.05) is 23.9 Å². The summed E-state index contributed by atoms with van der Waals surface area (Å²) in [6, 6.07) is 7.49. The molecule has 7 heteroatoms. The molecule has 21 heavy (non-hydrogen) atoms. The molecule has 1 N–H and O–H groups in total. The van der Waals surface area contributed by atoms with Crippen LogP contribution in [-0.2, 0) is 11.3 Å². The fourth-order valence-corrected chi connectivity index (χ4v) is 1.56. The predicted molar refractivity (Wildman–Crippen MR) is 72.8 cm³/mol. The highest BCUT2D eigenvalue weighted by Gasteiger charge is 2.03. The zero-order valence-electron chi connectivity index (χ0n) is 10.8. The van der Waals surface area contributed by atoms with Crippen molar-refractivity contribution in [2.24, 2.45) is 5.10 Å². The van der Waals surface area contributed by atoms with Gasteiger partial charge in [0.15, 0.2) is 0 Å². The van der Waals surface area contributed by atoms with Crippen LogP contribution < -0.4 is 11.0 Å². The molecule has 2 aromatic rings. The SMILES string of the molecule is O=C(Cn1ccccc1=O)N/N=C\c1ccc(F)cc1F. The van der Waals surface area contributed by atoms with Gasteiger partial charge in [-0.15, -0.1) is 0 Å². The summed E-state index contributed by atoms with van der Waals surface area (Å²) >= 11 is 0. The van der Waals surface area contributed by atoms with Gasteiger partial charge in [-0.25, -0.2) is 14.2 Å². The second-order valence-corrected chi connectivity index (χ2v) is 4.13. The molecule has 0 unspecified atom stereocenters. The maximum atomic E-state index is 13.3. The Kier molecular flexibility index (Phi) is 4.55. The summed E-state index contributed by atoms with van der Waals surface area (Å²) in [6.45, 7) is -0.205. The van der Waals surface area contributed by atoms with Crippen molar-refractivity contribution in [3.63, 3.8) is 0 Å². The van der Waals surface area contributed by atoms with Gasteiger partial charge in [-0.05, 0) is 18.2 Å². The number of rotatable bonds is 4. The number of halogens is 2. The van der Waals surface area contributed by atoms with Crippen molar-refractivity contribution in [2.75, 3.05) is 0 Å². The third kappa shape index (κ3) is 4.07. The number of pyridine rings is 1. The zero-order valence-corrected chi connectivity index (χ0v) is 10.8. The van der Waals surface area contributed by atoms with Crippen molar-refractivity contribution in [3.8, 4) is 0 Å². The average Bonchev–Trinajstić information content (AvgIpc) is 2.44.